The standard InChI is InChI=1S/C20H16N6OS/c21-20-24-10-7-15(26-20)12-28-19-16(4-2-9-23-19)18(27)25-14-5-6-17-13(11-14)3-1-8-22-17/h1-11H,12H2,(H,25,27)(H2,21,24,26). The van der Waals surface area contributed by atoms with E-state index < -0.39 is 0 Å². The molecule has 0 saturated heterocycles. The number of benzene rings is 1. The smallest absolute Gasteiger partial charge is 0.258 e. The van der Waals surface area contributed by atoms with Gasteiger partial charge in [-0.3, -0.25) is 9.78 Å². The van der Waals surface area contributed by atoms with Gasteiger partial charge in [-0.2, -0.15) is 0 Å². The van der Waals surface area contributed by atoms with E-state index in [0.717, 1.165) is 16.6 Å². The van der Waals surface area contributed by atoms with E-state index in [-0.39, 0.29) is 11.9 Å². The summed E-state index contributed by atoms with van der Waals surface area (Å²) in [6.45, 7) is 0. The summed E-state index contributed by atoms with van der Waals surface area (Å²) < 4.78 is 0. The number of nitrogens with zero attached hydrogens (tertiary/aromatic N) is 4. The minimum atomic E-state index is -0.221. The second-order valence-corrected chi connectivity index (χ2v) is 6.88. The first-order valence-corrected chi connectivity index (χ1v) is 9.49. The van der Waals surface area contributed by atoms with Crippen LogP contribution in [0.3, 0.4) is 0 Å². The number of nitrogen functional groups attached to an aromatic ring is 1. The minimum Gasteiger partial charge on any atom is -0.368 e. The Morgan fingerprint density at radius 2 is 1.86 bits per heavy atom. The summed E-state index contributed by atoms with van der Waals surface area (Å²) in [5, 5.41) is 4.52. The molecule has 3 heterocycles. The number of carbonyl (C=O) groups excluding carboxylic acids is 1. The fraction of sp³-hybridized carbons (Fsp3) is 0.0500. The summed E-state index contributed by atoms with van der Waals surface area (Å²) >= 11 is 1.42. The molecule has 1 amide bonds. The van der Waals surface area contributed by atoms with Gasteiger partial charge in [0.05, 0.1) is 16.8 Å². The molecule has 0 aliphatic rings. The van der Waals surface area contributed by atoms with Gasteiger partial charge in [0.15, 0.2) is 0 Å². The molecular weight excluding hydrogens is 372 g/mol. The van der Waals surface area contributed by atoms with Crippen LogP contribution in [0.4, 0.5) is 11.6 Å². The predicted molar refractivity (Wildman–Crippen MR) is 110 cm³/mol. The molecule has 1 aromatic carbocycles. The van der Waals surface area contributed by atoms with Crippen LogP contribution in [0.15, 0.2) is 72.1 Å². The molecule has 0 spiro atoms. The van der Waals surface area contributed by atoms with Crippen LogP contribution >= 0.6 is 11.8 Å². The number of thioether (sulfide) groups is 1. The topological polar surface area (TPSA) is 107 Å². The van der Waals surface area contributed by atoms with E-state index >= 15 is 0 Å². The largest absolute Gasteiger partial charge is 0.368 e. The van der Waals surface area contributed by atoms with Crippen LogP contribution in [-0.4, -0.2) is 25.8 Å². The van der Waals surface area contributed by atoms with E-state index in [0.29, 0.717) is 22.0 Å². The van der Waals surface area contributed by atoms with Crippen molar-refractivity contribution in [3.8, 4) is 0 Å². The normalized spacial score (nSPS) is 10.7. The Morgan fingerprint density at radius 1 is 1.00 bits per heavy atom. The van der Waals surface area contributed by atoms with E-state index in [2.05, 4.69) is 25.3 Å². The zero-order valence-corrected chi connectivity index (χ0v) is 15.6. The molecule has 0 radical (unpaired) electrons. The average molecular weight is 388 g/mol. The number of nitrogens with one attached hydrogen (secondary N) is 1. The summed E-state index contributed by atoms with van der Waals surface area (Å²) in [6, 6.07) is 14.7. The molecule has 28 heavy (non-hydrogen) atoms. The molecule has 0 aliphatic heterocycles. The number of anilines is 2. The zero-order valence-electron chi connectivity index (χ0n) is 14.7. The molecule has 138 valence electrons. The zero-order chi connectivity index (χ0) is 19.3. The highest BCUT2D eigenvalue weighted by atomic mass is 32.2. The summed E-state index contributed by atoms with van der Waals surface area (Å²) in [7, 11) is 0. The van der Waals surface area contributed by atoms with Gasteiger partial charge in [0.1, 0.15) is 5.03 Å². The van der Waals surface area contributed by atoms with Gasteiger partial charge in [0.25, 0.3) is 5.91 Å². The van der Waals surface area contributed by atoms with Crippen LogP contribution in [0.25, 0.3) is 10.9 Å². The maximum Gasteiger partial charge on any atom is 0.258 e. The van der Waals surface area contributed by atoms with Gasteiger partial charge < -0.3 is 11.1 Å². The Bertz CT molecular complexity index is 1150. The molecule has 3 aromatic heterocycles. The Morgan fingerprint density at radius 3 is 2.75 bits per heavy atom. The van der Waals surface area contributed by atoms with Crippen LogP contribution in [0, 0.1) is 0 Å². The number of amides is 1. The first kappa shape index (κ1) is 17.9. The van der Waals surface area contributed by atoms with Crippen molar-refractivity contribution in [1.29, 1.82) is 0 Å². The molecule has 8 heteroatoms. The molecule has 0 saturated carbocycles. The molecule has 0 atom stereocenters. The Balaban J connectivity index is 1.52. The summed E-state index contributed by atoms with van der Waals surface area (Å²) in [5.74, 6) is 0.537. The summed E-state index contributed by atoms with van der Waals surface area (Å²) in [6.07, 6.45) is 5.01. The van der Waals surface area contributed by atoms with E-state index in [1.807, 2.05) is 30.3 Å². The number of pyridine rings is 2. The van der Waals surface area contributed by atoms with Crippen molar-refractivity contribution in [2.75, 3.05) is 11.1 Å². The number of rotatable bonds is 5. The highest BCUT2D eigenvalue weighted by molar-refractivity contribution is 7.98. The lowest BCUT2D eigenvalue weighted by Gasteiger charge is -2.10. The maximum absolute atomic E-state index is 12.8. The SMILES string of the molecule is Nc1nccc(CSc2ncccc2C(=O)Nc2ccc3ncccc3c2)n1. The van der Waals surface area contributed by atoms with Crippen LogP contribution in [0.5, 0.6) is 0 Å². The molecule has 0 aliphatic carbocycles. The quantitative estimate of drug-likeness (QED) is 0.504. The first-order valence-electron chi connectivity index (χ1n) is 8.50. The van der Waals surface area contributed by atoms with Crippen molar-refractivity contribution in [2.45, 2.75) is 10.8 Å². The molecule has 4 rings (SSSR count). The number of aromatic nitrogens is 4. The molecule has 0 bridgehead atoms. The van der Waals surface area contributed by atoms with Crippen LogP contribution in [0.1, 0.15) is 16.1 Å². The molecule has 7 nitrogen and oxygen atoms in total. The van der Waals surface area contributed by atoms with Gasteiger partial charge in [-0.15, -0.1) is 0 Å². The Kier molecular flexibility index (Phi) is 5.11. The van der Waals surface area contributed by atoms with Crippen molar-refractivity contribution >= 4 is 40.2 Å². The van der Waals surface area contributed by atoms with Gasteiger partial charge in [-0.1, -0.05) is 17.8 Å². The lowest BCUT2D eigenvalue weighted by molar-refractivity contribution is 0.102. The number of hydrogen-bond donors (Lipinski definition) is 2. The monoisotopic (exact) mass is 388 g/mol. The fourth-order valence-corrected chi connectivity index (χ4v) is 3.56. The average Bonchev–Trinajstić information content (AvgIpc) is 2.72. The Labute approximate surface area is 165 Å². The lowest BCUT2D eigenvalue weighted by Crippen LogP contribution is -2.13. The highest BCUT2D eigenvalue weighted by Crippen LogP contribution is 2.25. The van der Waals surface area contributed by atoms with Gasteiger partial charge in [0.2, 0.25) is 5.95 Å². The van der Waals surface area contributed by atoms with Crippen molar-refractivity contribution < 1.29 is 4.79 Å². The number of carbonyl (C=O) groups is 1. The van der Waals surface area contributed by atoms with Crippen LogP contribution in [0.2, 0.25) is 0 Å². The van der Waals surface area contributed by atoms with Crippen molar-refractivity contribution in [3.05, 3.63) is 78.4 Å². The summed E-state index contributed by atoms with van der Waals surface area (Å²) in [5.41, 5.74) is 8.47. The Hall–Kier alpha value is -3.52. The molecule has 3 N–H and O–H groups in total. The van der Waals surface area contributed by atoms with Gasteiger partial charge in [-0.05, 0) is 42.5 Å². The van der Waals surface area contributed by atoms with Crippen molar-refractivity contribution in [1.82, 2.24) is 19.9 Å². The summed E-state index contributed by atoms with van der Waals surface area (Å²) in [4.78, 5) is 29.5. The van der Waals surface area contributed by atoms with Crippen molar-refractivity contribution in [3.63, 3.8) is 0 Å². The minimum absolute atomic E-state index is 0.221. The third-order valence-electron chi connectivity index (χ3n) is 3.97. The number of hydrogen-bond acceptors (Lipinski definition) is 7. The third-order valence-corrected chi connectivity index (χ3v) is 5.00. The number of nitrogens with two attached hydrogens (primary N) is 1. The molecule has 4 aromatic rings. The number of fused-ring (bicyclic) bond motifs is 1. The second-order valence-electron chi connectivity index (χ2n) is 5.92. The molecule has 0 fully saturated rings. The van der Waals surface area contributed by atoms with E-state index in [1.54, 1.807) is 36.8 Å². The van der Waals surface area contributed by atoms with Gasteiger partial charge >= 0.3 is 0 Å². The van der Waals surface area contributed by atoms with Crippen LogP contribution in [-0.2, 0) is 5.75 Å². The van der Waals surface area contributed by atoms with Gasteiger partial charge in [0, 0.05) is 35.4 Å². The van der Waals surface area contributed by atoms with E-state index in [4.69, 9.17) is 5.73 Å². The lowest BCUT2D eigenvalue weighted by atomic mass is 10.2. The first-order chi connectivity index (χ1) is 13.7. The predicted octanol–water partition coefficient (Wildman–Crippen LogP) is 3.55. The third kappa shape index (κ3) is 4.07. The molecule has 0 unspecified atom stereocenters. The van der Waals surface area contributed by atoms with Gasteiger partial charge in [-0.25, -0.2) is 15.0 Å². The molecular formula is C20H16N6OS. The highest BCUT2D eigenvalue weighted by Gasteiger charge is 2.14. The van der Waals surface area contributed by atoms with E-state index in [1.165, 1.54) is 11.8 Å². The maximum atomic E-state index is 12.8. The van der Waals surface area contributed by atoms with Crippen molar-refractivity contribution in [2.24, 2.45) is 0 Å². The second kappa shape index (κ2) is 8.01. The van der Waals surface area contributed by atoms with E-state index in [9.17, 15) is 4.79 Å². The van der Waals surface area contributed by atoms with Crippen LogP contribution < -0.4 is 11.1 Å². The fourth-order valence-electron chi connectivity index (χ4n) is 2.67.